The number of rotatable bonds is 6. The van der Waals surface area contributed by atoms with Crippen molar-refractivity contribution < 1.29 is 4.74 Å². The summed E-state index contributed by atoms with van der Waals surface area (Å²) in [5.74, 6) is 0.879. The van der Waals surface area contributed by atoms with Gasteiger partial charge in [0, 0.05) is 12.1 Å². The molecule has 0 radical (unpaired) electrons. The molecule has 0 aliphatic carbocycles. The van der Waals surface area contributed by atoms with Crippen LogP contribution in [0.3, 0.4) is 0 Å². The van der Waals surface area contributed by atoms with Crippen LogP contribution in [0, 0.1) is 0 Å². The van der Waals surface area contributed by atoms with Crippen molar-refractivity contribution >= 4 is 29.2 Å². The molecule has 0 spiro atoms. The number of aromatic nitrogens is 3. The van der Waals surface area contributed by atoms with Crippen molar-refractivity contribution in [3.05, 3.63) is 28.2 Å². The molecule has 1 heterocycles. The van der Waals surface area contributed by atoms with Crippen molar-refractivity contribution in [3.63, 3.8) is 0 Å². The Hall–Kier alpha value is -1.59. The van der Waals surface area contributed by atoms with Gasteiger partial charge in [-0.2, -0.15) is 15.0 Å². The molecule has 1 N–H and O–H groups in total. The molecule has 0 atom stereocenters. The van der Waals surface area contributed by atoms with Crippen LogP contribution in [0.2, 0.25) is 10.0 Å². The molecule has 5 nitrogen and oxygen atoms in total. The second kappa shape index (κ2) is 7.43. The zero-order valence-corrected chi connectivity index (χ0v) is 13.4. The number of nitrogens with one attached hydrogen (secondary N) is 1. The van der Waals surface area contributed by atoms with Crippen molar-refractivity contribution in [2.24, 2.45) is 0 Å². The highest BCUT2D eigenvalue weighted by Gasteiger charge is 2.13. The number of benzene rings is 1. The minimum Gasteiger partial charge on any atom is -0.463 e. The molecule has 21 heavy (non-hydrogen) atoms. The maximum absolute atomic E-state index is 6.22. The van der Waals surface area contributed by atoms with Crippen molar-refractivity contribution in [1.29, 1.82) is 0 Å². The van der Waals surface area contributed by atoms with Crippen molar-refractivity contribution in [3.8, 4) is 17.4 Å². The molecule has 7 heteroatoms. The molecule has 0 aliphatic heterocycles. The van der Waals surface area contributed by atoms with Gasteiger partial charge in [0.15, 0.2) is 5.82 Å². The predicted molar refractivity (Wildman–Crippen MR) is 85.2 cm³/mol. The minimum atomic E-state index is 0.272. The third kappa shape index (κ3) is 3.95. The molecule has 2 aromatic rings. The van der Waals surface area contributed by atoms with Crippen LogP contribution in [0.5, 0.6) is 6.01 Å². The largest absolute Gasteiger partial charge is 0.463 e. The zero-order valence-electron chi connectivity index (χ0n) is 11.9. The number of ether oxygens (including phenoxy) is 1. The van der Waals surface area contributed by atoms with Crippen LogP contribution >= 0.6 is 23.2 Å². The molecule has 1 aromatic heterocycles. The van der Waals surface area contributed by atoms with Gasteiger partial charge in [-0.05, 0) is 25.5 Å². The maximum atomic E-state index is 6.22. The van der Waals surface area contributed by atoms with Crippen LogP contribution in [-0.4, -0.2) is 28.1 Å². The normalized spacial score (nSPS) is 10.5. The molecule has 0 fully saturated rings. The summed E-state index contributed by atoms with van der Waals surface area (Å²) in [6.07, 6.45) is 0.871. The Morgan fingerprint density at radius 2 is 1.95 bits per heavy atom. The van der Waals surface area contributed by atoms with Crippen molar-refractivity contribution in [2.75, 3.05) is 18.5 Å². The molecule has 0 saturated heterocycles. The smallest absolute Gasteiger partial charge is 0.321 e. The fraction of sp³-hybridized carbons (Fsp3) is 0.357. The second-order valence-corrected chi connectivity index (χ2v) is 5.03. The van der Waals surface area contributed by atoms with Gasteiger partial charge in [0.05, 0.1) is 16.7 Å². The van der Waals surface area contributed by atoms with E-state index in [4.69, 9.17) is 27.9 Å². The van der Waals surface area contributed by atoms with Crippen LogP contribution in [0.15, 0.2) is 18.2 Å². The Morgan fingerprint density at radius 3 is 2.67 bits per heavy atom. The second-order valence-electron chi connectivity index (χ2n) is 4.25. The van der Waals surface area contributed by atoms with E-state index < -0.39 is 0 Å². The minimum absolute atomic E-state index is 0.272. The lowest BCUT2D eigenvalue weighted by molar-refractivity contribution is 0.292. The third-order valence-electron chi connectivity index (χ3n) is 2.58. The monoisotopic (exact) mass is 326 g/mol. The van der Waals surface area contributed by atoms with Gasteiger partial charge in [0.1, 0.15) is 0 Å². The van der Waals surface area contributed by atoms with Gasteiger partial charge in [0.2, 0.25) is 5.95 Å². The highest BCUT2D eigenvalue weighted by Crippen LogP contribution is 2.32. The van der Waals surface area contributed by atoms with Gasteiger partial charge < -0.3 is 10.1 Å². The molecule has 0 unspecified atom stereocenters. The molecule has 0 bridgehead atoms. The Bertz CT molecular complexity index is 622. The standard InChI is InChI=1S/C14H16Cl2N4O/c1-3-8-21-14-19-12(18-13(20-14)17-4-2)9-6-5-7-10(15)11(9)16/h5-7H,3-4,8H2,1-2H3,(H,17,18,19,20). The van der Waals surface area contributed by atoms with E-state index >= 15 is 0 Å². The first kappa shape index (κ1) is 15.8. The van der Waals surface area contributed by atoms with Crippen molar-refractivity contribution in [1.82, 2.24) is 15.0 Å². The van der Waals surface area contributed by atoms with Crippen LogP contribution in [0.25, 0.3) is 11.4 Å². The SMILES string of the molecule is CCCOc1nc(NCC)nc(-c2cccc(Cl)c2Cl)n1. The Morgan fingerprint density at radius 1 is 1.14 bits per heavy atom. The average Bonchev–Trinajstić information content (AvgIpc) is 2.48. The van der Waals surface area contributed by atoms with Gasteiger partial charge >= 0.3 is 6.01 Å². The topological polar surface area (TPSA) is 59.9 Å². The first-order valence-electron chi connectivity index (χ1n) is 6.72. The Balaban J connectivity index is 2.45. The fourth-order valence-electron chi connectivity index (χ4n) is 1.65. The molecular formula is C14H16Cl2N4O. The zero-order chi connectivity index (χ0) is 15.2. The van der Waals surface area contributed by atoms with Gasteiger partial charge in [-0.1, -0.05) is 36.2 Å². The first-order valence-corrected chi connectivity index (χ1v) is 7.48. The summed E-state index contributed by atoms with van der Waals surface area (Å²) in [5.41, 5.74) is 0.645. The quantitative estimate of drug-likeness (QED) is 0.867. The van der Waals surface area contributed by atoms with E-state index in [0.717, 1.165) is 6.42 Å². The van der Waals surface area contributed by atoms with Gasteiger partial charge in [-0.15, -0.1) is 0 Å². The Kier molecular flexibility index (Phi) is 5.59. The average molecular weight is 327 g/mol. The van der Waals surface area contributed by atoms with E-state index in [2.05, 4.69) is 20.3 Å². The van der Waals surface area contributed by atoms with E-state index in [0.29, 0.717) is 40.5 Å². The van der Waals surface area contributed by atoms with E-state index in [9.17, 15) is 0 Å². The molecular weight excluding hydrogens is 311 g/mol. The first-order chi connectivity index (χ1) is 10.2. The van der Waals surface area contributed by atoms with Crippen LogP contribution in [0.4, 0.5) is 5.95 Å². The maximum Gasteiger partial charge on any atom is 0.321 e. The number of hydrogen-bond acceptors (Lipinski definition) is 5. The number of anilines is 1. The summed E-state index contributed by atoms with van der Waals surface area (Å²) in [7, 11) is 0. The molecule has 0 amide bonds. The summed E-state index contributed by atoms with van der Waals surface area (Å²) >= 11 is 12.3. The predicted octanol–water partition coefficient (Wildman–Crippen LogP) is 4.07. The van der Waals surface area contributed by atoms with Crippen LogP contribution in [-0.2, 0) is 0 Å². The lowest BCUT2D eigenvalue weighted by atomic mass is 10.2. The van der Waals surface area contributed by atoms with Crippen LogP contribution < -0.4 is 10.1 Å². The summed E-state index contributed by atoms with van der Waals surface area (Å²) in [6.45, 7) is 5.21. The lowest BCUT2D eigenvalue weighted by Crippen LogP contribution is -2.08. The molecule has 1 aromatic carbocycles. The summed E-state index contributed by atoms with van der Waals surface area (Å²) in [6, 6.07) is 5.60. The number of nitrogens with zero attached hydrogens (tertiary/aromatic N) is 3. The van der Waals surface area contributed by atoms with E-state index in [1.807, 2.05) is 19.9 Å². The van der Waals surface area contributed by atoms with Crippen LogP contribution in [0.1, 0.15) is 20.3 Å². The summed E-state index contributed by atoms with van der Waals surface area (Å²) in [4.78, 5) is 12.9. The third-order valence-corrected chi connectivity index (χ3v) is 3.40. The number of hydrogen-bond donors (Lipinski definition) is 1. The van der Waals surface area contributed by atoms with Gasteiger partial charge in [0.25, 0.3) is 0 Å². The molecule has 0 saturated carbocycles. The highest BCUT2D eigenvalue weighted by molar-refractivity contribution is 6.43. The molecule has 112 valence electrons. The van der Waals surface area contributed by atoms with Gasteiger partial charge in [-0.25, -0.2) is 0 Å². The fourth-order valence-corrected chi connectivity index (χ4v) is 2.03. The van der Waals surface area contributed by atoms with E-state index in [1.54, 1.807) is 12.1 Å². The Labute approximate surface area is 133 Å². The molecule has 2 rings (SSSR count). The highest BCUT2D eigenvalue weighted by atomic mass is 35.5. The van der Waals surface area contributed by atoms with Gasteiger partial charge in [-0.3, -0.25) is 0 Å². The summed E-state index contributed by atoms with van der Waals surface area (Å²) < 4.78 is 5.50. The molecule has 0 aliphatic rings. The van der Waals surface area contributed by atoms with E-state index in [-0.39, 0.29) is 6.01 Å². The van der Waals surface area contributed by atoms with E-state index in [1.165, 1.54) is 0 Å². The lowest BCUT2D eigenvalue weighted by Gasteiger charge is -2.09. The van der Waals surface area contributed by atoms with Crippen molar-refractivity contribution in [2.45, 2.75) is 20.3 Å². The number of halogens is 2. The summed E-state index contributed by atoms with van der Waals surface area (Å²) in [5, 5.41) is 3.92.